The Labute approximate surface area is 121 Å². The number of likely N-dealkylation sites (tertiary alicyclic amines) is 1. The highest BCUT2D eigenvalue weighted by Gasteiger charge is 2.39. The van der Waals surface area contributed by atoms with Gasteiger partial charge in [0.15, 0.2) is 0 Å². The number of benzene rings is 1. The zero-order valence-corrected chi connectivity index (χ0v) is 12.3. The molecule has 0 spiro atoms. The first-order valence-electron chi connectivity index (χ1n) is 7.52. The molecule has 4 nitrogen and oxygen atoms in total. The third-order valence-corrected chi connectivity index (χ3v) is 4.02. The van der Waals surface area contributed by atoms with Gasteiger partial charge < -0.3 is 10.6 Å². The van der Waals surface area contributed by atoms with Crippen LogP contribution in [0.1, 0.15) is 31.7 Å². The van der Waals surface area contributed by atoms with Gasteiger partial charge in [0.1, 0.15) is 5.54 Å². The minimum atomic E-state index is -0.776. The summed E-state index contributed by atoms with van der Waals surface area (Å²) in [5, 5.41) is 3.41. The molecule has 1 unspecified atom stereocenters. The van der Waals surface area contributed by atoms with Crippen molar-refractivity contribution >= 4 is 5.91 Å². The smallest absolute Gasteiger partial charge is 0.243 e. The van der Waals surface area contributed by atoms with Crippen LogP contribution in [0.5, 0.6) is 0 Å². The standard InChI is InChI=1S/C16H25N3O/c1-2-10-18-16(15(17)20,13-19-11-6-7-12-19)14-8-4-3-5-9-14/h3-5,8-9,18H,2,6-7,10-13H2,1H3,(H2,17,20). The van der Waals surface area contributed by atoms with E-state index >= 15 is 0 Å². The van der Waals surface area contributed by atoms with Gasteiger partial charge in [0.2, 0.25) is 5.91 Å². The molecule has 0 saturated carbocycles. The third kappa shape index (κ3) is 3.19. The van der Waals surface area contributed by atoms with Crippen LogP contribution in [0.25, 0.3) is 0 Å². The van der Waals surface area contributed by atoms with Gasteiger partial charge in [-0.05, 0) is 44.5 Å². The summed E-state index contributed by atoms with van der Waals surface area (Å²) < 4.78 is 0. The largest absolute Gasteiger partial charge is 0.368 e. The van der Waals surface area contributed by atoms with E-state index in [4.69, 9.17) is 5.73 Å². The molecule has 0 radical (unpaired) electrons. The first kappa shape index (κ1) is 15.0. The molecule has 1 aliphatic heterocycles. The van der Waals surface area contributed by atoms with Crippen LogP contribution in [0.3, 0.4) is 0 Å². The van der Waals surface area contributed by atoms with Crippen molar-refractivity contribution in [3.63, 3.8) is 0 Å². The summed E-state index contributed by atoms with van der Waals surface area (Å²) in [6, 6.07) is 9.87. The lowest BCUT2D eigenvalue weighted by atomic mass is 9.88. The molecule has 2 rings (SSSR count). The van der Waals surface area contributed by atoms with Crippen molar-refractivity contribution in [2.75, 3.05) is 26.2 Å². The monoisotopic (exact) mass is 275 g/mol. The lowest BCUT2D eigenvalue weighted by molar-refractivity contribution is -0.125. The molecule has 1 atom stereocenters. The highest BCUT2D eigenvalue weighted by atomic mass is 16.1. The van der Waals surface area contributed by atoms with Crippen LogP contribution in [0, 0.1) is 0 Å². The molecular weight excluding hydrogens is 250 g/mol. The quantitative estimate of drug-likeness (QED) is 0.792. The Hall–Kier alpha value is -1.39. The molecule has 1 fully saturated rings. The van der Waals surface area contributed by atoms with E-state index in [1.54, 1.807) is 0 Å². The molecule has 0 aliphatic carbocycles. The van der Waals surface area contributed by atoms with Crippen molar-refractivity contribution in [1.82, 2.24) is 10.2 Å². The van der Waals surface area contributed by atoms with Crippen molar-refractivity contribution in [2.24, 2.45) is 5.73 Å². The molecule has 1 aromatic rings. The van der Waals surface area contributed by atoms with Gasteiger partial charge in [0, 0.05) is 6.54 Å². The van der Waals surface area contributed by atoms with E-state index in [-0.39, 0.29) is 5.91 Å². The zero-order valence-electron chi connectivity index (χ0n) is 12.3. The van der Waals surface area contributed by atoms with Crippen LogP contribution in [0.4, 0.5) is 0 Å². The zero-order chi connectivity index (χ0) is 14.4. The maximum absolute atomic E-state index is 12.2. The number of hydrogen-bond acceptors (Lipinski definition) is 3. The molecule has 1 aliphatic rings. The predicted octanol–water partition coefficient (Wildman–Crippen LogP) is 1.46. The fourth-order valence-electron chi connectivity index (χ4n) is 2.89. The second kappa shape index (κ2) is 6.86. The first-order chi connectivity index (χ1) is 9.69. The number of carbonyl (C=O) groups excluding carboxylic acids is 1. The predicted molar refractivity (Wildman–Crippen MR) is 81.3 cm³/mol. The molecule has 0 bridgehead atoms. The topological polar surface area (TPSA) is 58.4 Å². The van der Waals surface area contributed by atoms with Crippen molar-refractivity contribution in [3.8, 4) is 0 Å². The van der Waals surface area contributed by atoms with Crippen LogP contribution in [0.2, 0.25) is 0 Å². The normalized spacial score (nSPS) is 18.9. The Balaban J connectivity index is 2.30. The first-order valence-corrected chi connectivity index (χ1v) is 7.52. The second-order valence-electron chi connectivity index (χ2n) is 5.55. The lowest BCUT2D eigenvalue weighted by Gasteiger charge is -2.36. The summed E-state index contributed by atoms with van der Waals surface area (Å²) in [6.45, 7) is 5.64. The molecule has 1 amide bonds. The van der Waals surface area contributed by atoms with Crippen LogP contribution in [-0.2, 0) is 10.3 Å². The second-order valence-corrected chi connectivity index (χ2v) is 5.55. The van der Waals surface area contributed by atoms with E-state index in [0.29, 0.717) is 6.54 Å². The van der Waals surface area contributed by atoms with Crippen LogP contribution in [0.15, 0.2) is 30.3 Å². The van der Waals surface area contributed by atoms with Crippen molar-refractivity contribution in [2.45, 2.75) is 31.7 Å². The van der Waals surface area contributed by atoms with Gasteiger partial charge in [0.05, 0.1) is 0 Å². The average Bonchev–Trinajstić information content (AvgIpc) is 2.97. The summed E-state index contributed by atoms with van der Waals surface area (Å²) in [7, 11) is 0. The van der Waals surface area contributed by atoms with Crippen molar-refractivity contribution in [3.05, 3.63) is 35.9 Å². The summed E-state index contributed by atoms with van der Waals surface area (Å²) in [6.07, 6.45) is 3.39. The number of nitrogens with zero attached hydrogens (tertiary/aromatic N) is 1. The minimum absolute atomic E-state index is 0.288. The van der Waals surface area contributed by atoms with Gasteiger partial charge in [-0.15, -0.1) is 0 Å². The Kier molecular flexibility index (Phi) is 5.15. The van der Waals surface area contributed by atoms with Crippen molar-refractivity contribution in [1.29, 1.82) is 0 Å². The number of carbonyl (C=O) groups is 1. The Morgan fingerprint density at radius 1 is 1.30 bits per heavy atom. The lowest BCUT2D eigenvalue weighted by Crippen LogP contribution is -2.58. The van der Waals surface area contributed by atoms with Crippen LogP contribution < -0.4 is 11.1 Å². The highest BCUT2D eigenvalue weighted by Crippen LogP contribution is 2.24. The summed E-state index contributed by atoms with van der Waals surface area (Å²) in [5.74, 6) is -0.288. The van der Waals surface area contributed by atoms with Gasteiger partial charge in [0.25, 0.3) is 0 Å². The number of hydrogen-bond donors (Lipinski definition) is 2. The van der Waals surface area contributed by atoms with E-state index in [2.05, 4.69) is 17.1 Å². The van der Waals surface area contributed by atoms with Gasteiger partial charge in [-0.1, -0.05) is 37.3 Å². The fourth-order valence-corrected chi connectivity index (χ4v) is 2.89. The molecule has 1 heterocycles. The van der Waals surface area contributed by atoms with Gasteiger partial charge in [-0.3, -0.25) is 10.1 Å². The number of rotatable bonds is 7. The minimum Gasteiger partial charge on any atom is -0.368 e. The third-order valence-electron chi connectivity index (χ3n) is 4.02. The molecule has 0 aromatic heterocycles. The molecule has 20 heavy (non-hydrogen) atoms. The molecule has 1 aromatic carbocycles. The number of primary amides is 1. The highest BCUT2D eigenvalue weighted by molar-refractivity contribution is 5.86. The Morgan fingerprint density at radius 3 is 2.50 bits per heavy atom. The van der Waals surface area contributed by atoms with Gasteiger partial charge in [-0.25, -0.2) is 0 Å². The van der Waals surface area contributed by atoms with Gasteiger partial charge in [-0.2, -0.15) is 0 Å². The molecule has 1 saturated heterocycles. The fraction of sp³-hybridized carbons (Fsp3) is 0.562. The number of amides is 1. The van der Waals surface area contributed by atoms with Crippen molar-refractivity contribution < 1.29 is 4.79 Å². The van der Waals surface area contributed by atoms with E-state index < -0.39 is 5.54 Å². The maximum atomic E-state index is 12.2. The summed E-state index contributed by atoms with van der Waals surface area (Å²) >= 11 is 0. The summed E-state index contributed by atoms with van der Waals surface area (Å²) in [4.78, 5) is 14.6. The maximum Gasteiger partial charge on any atom is 0.243 e. The molecular formula is C16H25N3O. The van der Waals surface area contributed by atoms with E-state index in [1.807, 2.05) is 30.3 Å². The average molecular weight is 275 g/mol. The molecule has 110 valence electrons. The van der Waals surface area contributed by atoms with E-state index in [1.165, 1.54) is 12.8 Å². The van der Waals surface area contributed by atoms with E-state index in [0.717, 1.165) is 31.6 Å². The SMILES string of the molecule is CCCNC(CN1CCCC1)(C(N)=O)c1ccccc1. The number of nitrogens with two attached hydrogens (primary N) is 1. The Bertz CT molecular complexity index is 429. The van der Waals surface area contributed by atoms with Gasteiger partial charge >= 0.3 is 0 Å². The van der Waals surface area contributed by atoms with E-state index in [9.17, 15) is 4.79 Å². The molecule has 3 N–H and O–H groups in total. The summed E-state index contributed by atoms with van der Waals surface area (Å²) in [5.41, 5.74) is 5.98. The Morgan fingerprint density at radius 2 is 1.95 bits per heavy atom. The number of nitrogens with one attached hydrogen (secondary N) is 1. The van der Waals surface area contributed by atoms with Crippen LogP contribution >= 0.6 is 0 Å². The molecule has 4 heteroatoms. The van der Waals surface area contributed by atoms with Crippen LogP contribution in [-0.4, -0.2) is 37.0 Å².